The van der Waals surface area contributed by atoms with Gasteiger partial charge in [0.1, 0.15) is 0 Å². The number of azo groups is 3. The molecule has 3 amide bonds. The molecular weight excluding hydrogens is 1120 g/mol. The van der Waals surface area contributed by atoms with Crippen LogP contribution >= 0.6 is 0 Å². The van der Waals surface area contributed by atoms with E-state index in [4.69, 9.17) is 0 Å². The van der Waals surface area contributed by atoms with E-state index in [9.17, 15) is 38.4 Å². The van der Waals surface area contributed by atoms with Crippen molar-refractivity contribution in [3.05, 3.63) is 229 Å². The number of fused-ring (bicyclic) bond motifs is 3. The van der Waals surface area contributed by atoms with Gasteiger partial charge in [-0.2, -0.15) is 30.7 Å². The topological polar surface area (TPSA) is 247 Å². The van der Waals surface area contributed by atoms with Crippen LogP contribution in [0, 0.1) is 0 Å². The summed E-state index contributed by atoms with van der Waals surface area (Å²) in [7, 11) is 0. The summed E-state index contributed by atoms with van der Waals surface area (Å²) in [6.45, 7) is 27.9. The van der Waals surface area contributed by atoms with Crippen LogP contribution in [-0.4, -0.2) is 64.8 Å². The molecule has 3 unspecified atom stereocenters. The zero-order valence-electron chi connectivity index (χ0n) is 53.8. The number of carbonyl (C=O) groups excluding carboxylic acids is 8. The lowest BCUT2D eigenvalue weighted by atomic mass is 9.83. The predicted octanol–water partition coefficient (Wildman–Crippen LogP) is 18.2. The van der Waals surface area contributed by atoms with E-state index >= 15 is 0 Å². The van der Waals surface area contributed by atoms with Crippen LogP contribution in [0.4, 0.5) is 34.1 Å². The molecule has 0 radical (unpaired) electrons. The second-order valence-corrected chi connectivity index (χ2v) is 17.0. The Morgan fingerprint density at radius 3 is 1.04 bits per heavy atom. The van der Waals surface area contributed by atoms with E-state index in [1.54, 1.807) is 146 Å². The minimum atomic E-state index is -1.39. The number of Topliss-reactive ketones (excluding diaryl/α,β-unsaturated/α-hetero) is 3. The molecule has 3 atom stereocenters. The molecule has 0 bridgehead atoms. The number of nitrogens with zero attached hydrogens (tertiary/aromatic N) is 6. The maximum atomic E-state index is 13.0. The molecule has 8 aromatic carbocycles. The smallest absolute Gasteiger partial charge is 0.258 e. The molecule has 89 heavy (non-hydrogen) atoms. The Kier molecular flexibility index (Phi) is 37.9. The molecule has 0 aromatic heterocycles. The first-order chi connectivity index (χ1) is 43.3. The number of hydrogen-bond acceptors (Lipinski definition) is 14. The van der Waals surface area contributed by atoms with Crippen molar-refractivity contribution in [2.45, 2.75) is 122 Å². The summed E-state index contributed by atoms with van der Waals surface area (Å²) in [5, 5.41) is 33.8. The van der Waals surface area contributed by atoms with Gasteiger partial charge in [-0.25, -0.2) is 0 Å². The van der Waals surface area contributed by atoms with E-state index in [0.717, 1.165) is 10.8 Å². The van der Waals surface area contributed by atoms with Gasteiger partial charge in [-0.05, 0) is 98.3 Å². The highest BCUT2D eigenvalue weighted by Gasteiger charge is 2.32. The third kappa shape index (κ3) is 24.8. The average molecular weight is 1200 g/mol. The van der Waals surface area contributed by atoms with Crippen LogP contribution in [-0.2, 0) is 28.8 Å². The number of carbonyl (C=O) groups is 8. The average Bonchev–Trinajstić information content (AvgIpc) is 0.860. The molecular formula is C72H85N9O8. The van der Waals surface area contributed by atoms with E-state index in [1.807, 2.05) is 138 Å². The van der Waals surface area contributed by atoms with Crippen LogP contribution < -0.4 is 16.0 Å². The van der Waals surface area contributed by atoms with Gasteiger partial charge in [-0.1, -0.05) is 223 Å². The van der Waals surface area contributed by atoms with Gasteiger partial charge in [-0.3, -0.25) is 38.4 Å². The highest BCUT2D eigenvalue weighted by molar-refractivity contribution is 6.30. The van der Waals surface area contributed by atoms with Crippen LogP contribution in [0.15, 0.2) is 237 Å². The summed E-state index contributed by atoms with van der Waals surface area (Å²) in [6.07, 6.45) is 0. The van der Waals surface area contributed by atoms with Gasteiger partial charge in [0.15, 0.2) is 28.9 Å². The monoisotopic (exact) mass is 1200 g/mol. The zero-order chi connectivity index (χ0) is 66.7. The Balaban J connectivity index is 0.000000623. The highest BCUT2D eigenvalue weighted by Crippen LogP contribution is 2.34. The first kappa shape index (κ1) is 76.6. The normalized spacial score (nSPS) is 11.4. The Hall–Kier alpha value is -10.4. The first-order valence-corrected chi connectivity index (χ1v) is 29.9. The Bertz CT molecular complexity index is 3560. The van der Waals surface area contributed by atoms with Crippen molar-refractivity contribution in [3.63, 3.8) is 0 Å². The number of hydrogen-bond donors (Lipinski definition) is 3. The summed E-state index contributed by atoms with van der Waals surface area (Å²) in [6, 6.07) is 56.4. The molecule has 0 saturated carbocycles. The zero-order valence-corrected chi connectivity index (χ0v) is 53.8. The quantitative estimate of drug-likeness (QED) is 0.0656. The molecule has 1 aliphatic rings. The molecule has 1 aliphatic carbocycles. The van der Waals surface area contributed by atoms with Gasteiger partial charge in [0.25, 0.3) is 17.7 Å². The summed E-state index contributed by atoms with van der Waals surface area (Å²) in [5.41, 5.74) is 4.00. The third-order valence-corrected chi connectivity index (χ3v) is 11.3. The van der Waals surface area contributed by atoms with Crippen LogP contribution in [0.3, 0.4) is 0 Å². The van der Waals surface area contributed by atoms with Gasteiger partial charge in [0.05, 0.1) is 22.6 Å². The molecule has 0 fully saturated rings. The van der Waals surface area contributed by atoms with Crippen molar-refractivity contribution in [1.29, 1.82) is 0 Å². The van der Waals surface area contributed by atoms with Crippen molar-refractivity contribution in [1.82, 2.24) is 0 Å². The van der Waals surface area contributed by atoms with Crippen molar-refractivity contribution >= 4 is 91.5 Å². The molecule has 0 aliphatic heterocycles. The fraction of sp³-hybridized carbons (Fsp3) is 0.250. The van der Waals surface area contributed by atoms with Crippen molar-refractivity contribution in [2.24, 2.45) is 30.7 Å². The van der Waals surface area contributed by atoms with Crippen LogP contribution in [0.1, 0.15) is 136 Å². The molecule has 9 rings (SSSR count). The molecule has 17 nitrogen and oxygen atoms in total. The number of ketones is 5. The minimum Gasteiger partial charge on any atom is -0.324 e. The molecule has 8 aromatic rings. The first-order valence-electron chi connectivity index (χ1n) is 29.9. The Morgan fingerprint density at radius 1 is 0.315 bits per heavy atom. The predicted molar refractivity (Wildman–Crippen MR) is 360 cm³/mol. The third-order valence-electron chi connectivity index (χ3n) is 11.3. The molecule has 3 N–H and O–H groups in total. The number of rotatable bonds is 15. The van der Waals surface area contributed by atoms with Crippen molar-refractivity contribution in [2.75, 3.05) is 16.0 Å². The lowest BCUT2D eigenvalue weighted by Crippen LogP contribution is -2.31. The number of benzene rings is 8. The lowest BCUT2D eigenvalue weighted by Gasteiger charge is -2.18. The van der Waals surface area contributed by atoms with Gasteiger partial charge < -0.3 is 16.0 Å². The molecule has 0 saturated heterocycles. The van der Waals surface area contributed by atoms with Crippen LogP contribution in [0.25, 0.3) is 10.8 Å². The Morgan fingerprint density at radius 2 is 0.640 bits per heavy atom. The number of anilines is 3. The fourth-order valence-electron chi connectivity index (χ4n) is 7.46. The van der Waals surface area contributed by atoms with E-state index < -0.39 is 41.6 Å². The largest absolute Gasteiger partial charge is 0.324 e. The second-order valence-electron chi connectivity index (χ2n) is 17.0. The molecule has 0 heterocycles. The number of para-hydroxylation sites is 3. The summed E-state index contributed by atoms with van der Waals surface area (Å²) >= 11 is 0. The van der Waals surface area contributed by atoms with E-state index in [0.29, 0.717) is 34.0 Å². The number of nitrogens with one attached hydrogen (secondary N) is 3. The van der Waals surface area contributed by atoms with Crippen molar-refractivity contribution in [3.8, 4) is 0 Å². The van der Waals surface area contributed by atoms with Crippen molar-refractivity contribution < 1.29 is 38.4 Å². The molecule has 0 spiro atoms. The molecule has 466 valence electrons. The minimum absolute atomic E-state index is 0.112. The summed E-state index contributed by atoms with van der Waals surface area (Å²) in [5.74, 6) is -3.49. The van der Waals surface area contributed by atoms with Gasteiger partial charge >= 0.3 is 0 Å². The highest BCUT2D eigenvalue weighted by atomic mass is 16.2. The van der Waals surface area contributed by atoms with E-state index in [-0.39, 0.29) is 45.5 Å². The Labute approximate surface area is 524 Å². The van der Waals surface area contributed by atoms with E-state index in [1.165, 1.54) is 26.8 Å². The second kappa shape index (κ2) is 44.1. The number of amides is 3. The van der Waals surface area contributed by atoms with Gasteiger partial charge in [0.2, 0.25) is 18.1 Å². The lowest BCUT2D eigenvalue weighted by molar-refractivity contribution is -0.127. The summed E-state index contributed by atoms with van der Waals surface area (Å²) < 4.78 is 0. The van der Waals surface area contributed by atoms with Gasteiger partial charge in [0, 0.05) is 33.8 Å². The van der Waals surface area contributed by atoms with E-state index in [2.05, 4.69) is 46.6 Å². The standard InChI is InChI=1S/C24H17N3O4.C20H17N3O2.C16H15N3O2.6C2H6/c1-14(28)21(24(31)25-15-8-3-2-4-9-15)27-26-19-13-7-12-18-20(19)23(30)17-11-6-5-10-16(17)22(18)29;1-14(24)19(20(25)21-17-9-3-2-4-10-17)23-22-18-12-11-15-7-5-6-8-16(15)13-18;1-12(20)15(19-18-14-10-6-3-7-11-14)16(21)17-13-8-4-2-5-9-13;6*1-2/h2-13,21H,1H3,(H,25,31);2-13,19H,1H3,(H,21,25);2-11,15H,1H3,(H,17,21);6*1-2H3. The SMILES string of the molecule is CC.CC.CC.CC.CC.CC.CC(=O)C(N=Nc1ccc2ccccc2c1)C(=O)Nc1ccccc1.CC(=O)C(N=Nc1cccc2c1C(=O)c1ccccc1C2=O)C(=O)Nc1ccccc1.CC(=O)C(N=Nc1ccccc1)C(=O)Nc1ccccc1. The molecule has 17 heteroatoms. The fourth-order valence-corrected chi connectivity index (χ4v) is 7.46. The van der Waals surface area contributed by atoms with Crippen LogP contribution in [0.2, 0.25) is 0 Å². The maximum absolute atomic E-state index is 13.0. The maximum Gasteiger partial charge on any atom is 0.258 e. The van der Waals surface area contributed by atoms with Crippen LogP contribution in [0.5, 0.6) is 0 Å². The summed E-state index contributed by atoms with van der Waals surface area (Å²) in [4.78, 5) is 98.2. The van der Waals surface area contributed by atoms with Gasteiger partial charge in [-0.15, -0.1) is 0 Å².